The number of nitrogens with one attached hydrogen (secondary N) is 1. The van der Waals surface area contributed by atoms with Crippen LogP contribution in [-0.2, 0) is 19.6 Å². The second kappa shape index (κ2) is 7.18. The molecule has 1 atom stereocenters. The van der Waals surface area contributed by atoms with E-state index < -0.39 is 27.8 Å². The number of benzene rings is 1. The molecule has 126 valence electrons. The van der Waals surface area contributed by atoms with Crippen molar-refractivity contribution < 1.29 is 22.4 Å². The van der Waals surface area contributed by atoms with Crippen LogP contribution in [0.4, 0.5) is 4.39 Å². The third-order valence-electron chi connectivity index (χ3n) is 3.69. The molecule has 1 aromatic carbocycles. The van der Waals surface area contributed by atoms with Crippen LogP contribution in [-0.4, -0.2) is 43.5 Å². The molecular formula is C15H19FN2O4S. The molecular weight excluding hydrogens is 323 g/mol. The topological polar surface area (TPSA) is 83.6 Å². The summed E-state index contributed by atoms with van der Waals surface area (Å²) in [5.41, 5.74) is 0. The summed E-state index contributed by atoms with van der Waals surface area (Å²) in [7, 11) is -3.89. The summed E-state index contributed by atoms with van der Waals surface area (Å²) in [6.07, 6.45) is 1.77. The summed E-state index contributed by atoms with van der Waals surface area (Å²) in [5, 5.41) is 2.46. The second-order valence-electron chi connectivity index (χ2n) is 5.50. The van der Waals surface area contributed by atoms with E-state index in [4.69, 9.17) is 0 Å². The summed E-state index contributed by atoms with van der Waals surface area (Å²) in [6.45, 7) is 1.44. The number of rotatable bonds is 5. The van der Waals surface area contributed by atoms with E-state index in [-0.39, 0.29) is 23.8 Å². The summed E-state index contributed by atoms with van der Waals surface area (Å²) in [5.74, 6) is -1.22. The highest BCUT2D eigenvalue weighted by Crippen LogP contribution is 2.25. The number of carbonyl (C=O) groups is 2. The summed E-state index contributed by atoms with van der Waals surface area (Å²) >= 11 is 0. The Labute approximate surface area is 134 Å². The van der Waals surface area contributed by atoms with Crippen molar-refractivity contribution in [3.8, 4) is 0 Å². The molecule has 0 aromatic heterocycles. The minimum atomic E-state index is -3.89. The largest absolute Gasteiger partial charge is 0.348 e. The van der Waals surface area contributed by atoms with Gasteiger partial charge in [0.1, 0.15) is 17.6 Å². The predicted octanol–water partition coefficient (Wildman–Crippen LogP) is 1.07. The molecule has 1 aromatic rings. The minimum absolute atomic E-state index is 0.0508. The maximum Gasteiger partial charge on any atom is 0.243 e. The number of amides is 1. The van der Waals surface area contributed by atoms with Crippen LogP contribution in [0, 0.1) is 5.82 Å². The number of sulfonamides is 1. The fourth-order valence-corrected chi connectivity index (χ4v) is 4.18. The van der Waals surface area contributed by atoms with Gasteiger partial charge in [-0.2, -0.15) is 4.31 Å². The van der Waals surface area contributed by atoms with Gasteiger partial charge >= 0.3 is 0 Å². The van der Waals surface area contributed by atoms with Crippen molar-refractivity contribution in [2.75, 3.05) is 13.1 Å². The van der Waals surface area contributed by atoms with Crippen molar-refractivity contribution in [3.05, 3.63) is 30.1 Å². The minimum Gasteiger partial charge on any atom is -0.348 e. The van der Waals surface area contributed by atoms with Crippen LogP contribution in [0.15, 0.2) is 29.2 Å². The molecule has 8 heteroatoms. The van der Waals surface area contributed by atoms with Crippen molar-refractivity contribution in [1.29, 1.82) is 0 Å². The Morgan fingerprint density at radius 2 is 1.91 bits per heavy atom. The highest BCUT2D eigenvalue weighted by molar-refractivity contribution is 7.89. The molecule has 1 amide bonds. The van der Waals surface area contributed by atoms with Gasteiger partial charge in [-0.25, -0.2) is 12.8 Å². The number of piperidine rings is 1. The molecule has 1 fully saturated rings. The number of hydrogen-bond donors (Lipinski definition) is 1. The lowest BCUT2D eigenvalue weighted by atomic mass is 10.0. The first-order valence-corrected chi connectivity index (χ1v) is 8.81. The van der Waals surface area contributed by atoms with Gasteiger partial charge < -0.3 is 5.32 Å². The van der Waals surface area contributed by atoms with Crippen LogP contribution in [0.3, 0.4) is 0 Å². The first-order chi connectivity index (χ1) is 10.8. The number of ketones is 1. The van der Waals surface area contributed by atoms with Gasteiger partial charge in [0.15, 0.2) is 0 Å². The SMILES string of the molecule is CC(=O)CNC(=O)[C@@H]1CCCCN1S(=O)(=O)c1ccc(F)cc1. The molecule has 6 nitrogen and oxygen atoms in total. The van der Waals surface area contributed by atoms with E-state index in [2.05, 4.69) is 5.32 Å². The molecule has 0 unspecified atom stereocenters. The van der Waals surface area contributed by atoms with E-state index in [0.29, 0.717) is 12.8 Å². The van der Waals surface area contributed by atoms with Gasteiger partial charge in [0.2, 0.25) is 15.9 Å². The molecule has 1 aliphatic rings. The van der Waals surface area contributed by atoms with Crippen molar-refractivity contribution in [3.63, 3.8) is 0 Å². The Morgan fingerprint density at radius 3 is 2.52 bits per heavy atom. The molecule has 1 heterocycles. The van der Waals surface area contributed by atoms with E-state index in [1.54, 1.807) is 0 Å². The Bertz CT molecular complexity index is 688. The van der Waals surface area contributed by atoms with Gasteiger partial charge in [-0.15, -0.1) is 0 Å². The molecule has 0 bridgehead atoms. The molecule has 0 aliphatic carbocycles. The number of carbonyl (C=O) groups excluding carboxylic acids is 2. The molecule has 1 N–H and O–H groups in total. The van der Waals surface area contributed by atoms with Crippen molar-refractivity contribution in [2.45, 2.75) is 37.1 Å². The summed E-state index contributed by atoms with van der Waals surface area (Å²) < 4.78 is 39.5. The molecule has 1 saturated heterocycles. The molecule has 0 radical (unpaired) electrons. The lowest BCUT2D eigenvalue weighted by molar-refractivity contribution is -0.128. The van der Waals surface area contributed by atoms with Crippen LogP contribution in [0.1, 0.15) is 26.2 Å². The molecule has 23 heavy (non-hydrogen) atoms. The van der Waals surface area contributed by atoms with E-state index in [1.807, 2.05) is 0 Å². The van der Waals surface area contributed by atoms with Crippen molar-refractivity contribution in [2.24, 2.45) is 0 Å². The van der Waals surface area contributed by atoms with E-state index in [1.165, 1.54) is 19.1 Å². The average molecular weight is 342 g/mol. The fourth-order valence-electron chi connectivity index (χ4n) is 2.53. The van der Waals surface area contributed by atoms with Crippen molar-refractivity contribution >= 4 is 21.7 Å². The predicted molar refractivity (Wildman–Crippen MR) is 81.6 cm³/mol. The molecule has 0 spiro atoms. The highest BCUT2D eigenvalue weighted by atomic mass is 32.2. The van der Waals surface area contributed by atoms with Crippen LogP contribution in [0.2, 0.25) is 0 Å². The Kier molecular flexibility index (Phi) is 5.48. The van der Waals surface area contributed by atoms with Crippen LogP contribution >= 0.6 is 0 Å². The summed E-state index contributed by atoms with van der Waals surface area (Å²) in [6, 6.07) is 3.66. The molecule has 0 saturated carbocycles. The first kappa shape index (κ1) is 17.6. The Morgan fingerprint density at radius 1 is 1.26 bits per heavy atom. The fraction of sp³-hybridized carbons (Fsp3) is 0.467. The first-order valence-electron chi connectivity index (χ1n) is 7.37. The van der Waals surface area contributed by atoms with E-state index in [9.17, 15) is 22.4 Å². The smallest absolute Gasteiger partial charge is 0.243 e. The van der Waals surface area contributed by atoms with Gasteiger partial charge in [0.05, 0.1) is 11.4 Å². The van der Waals surface area contributed by atoms with Gasteiger partial charge in [0, 0.05) is 6.54 Å². The maximum atomic E-state index is 13.0. The van der Waals surface area contributed by atoms with Crippen LogP contribution < -0.4 is 5.32 Å². The second-order valence-corrected chi connectivity index (χ2v) is 7.39. The van der Waals surface area contributed by atoms with Gasteiger partial charge in [-0.05, 0) is 44.0 Å². The quantitative estimate of drug-likeness (QED) is 0.868. The van der Waals surface area contributed by atoms with Gasteiger partial charge in [-0.3, -0.25) is 9.59 Å². The Balaban J connectivity index is 2.24. The Hall–Kier alpha value is -1.80. The number of Topliss-reactive ketones (excluding diaryl/α,β-unsaturated/α-hetero) is 1. The third kappa shape index (κ3) is 4.14. The lowest BCUT2D eigenvalue weighted by Crippen LogP contribution is -2.52. The van der Waals surface area contributed by atoms with Gasteiger partial charge in [0.25, 0.3) is 0 Å². The van der Waals surface area contributed by atoms with Crippen LogP contribution in [0.25, 0.3) is 0 Å². The summed E-state index contributed by atoms with van der Waals surface area (Å²) in [4.78, 5) is 23.1. The van der Waals surface area contributed by atoms with Crippen molar-refractivity contribution in [1.82, 2.24) is 9.62 Å². The highest BCUT2D eigenvalue weighted by Gasteiger charge is 2.37. The van der Waals surface area contributed by atoms with Crippen LogP contribution in [0.5, 0.6) is 0 Å². The maximum absolute atomic E-state index is 13.0. The standard InChI is InChI=1S/C15H19FN2O4S/c1-11(19)10-17-15(20)14-4-2-3-9-18(14)23(21,22)13-7-5-12(16)6-8-13/h5-8,14H,2-4,9-10H2,1H3,(H,17,20)/t14-/m0/s1. The zero-order valence-corrected chi connectivity index (χ0v) is 13.6. The zero-order valence-electron chi connectivity index (χ0n) is 12.8. The number of hydrogen-bond acceptors (Lipinski definition) is 4. The van der Waals surface area contributed by atoms with E-state index in [0.717, 1.165) is 22.9 Å². The normalized spacial score (nSPS) is 19.3. The third-order valence-corrected chi connectivity index (χ3v) is 5.61. The average Bonchev–Trinajstić information content (AvgIpc) is 2.53. The van der Waals surface area contributed by atoms with E-state index >= 15 is 0 Å². The van der Waals surface area contributed by atoms with Gasteiger partial charge in [-0.1, -0.05) is 6.42 Å². The monoisotopic (exact) mass is 342 g/mol. The molecule has 2 rings (SSSR count). The lowest BCUT2D eigenvalue weighted by Gasteiger charge is -2.33. The molecule has 1 aliphatic heterocycles. The number of nitrogens with zero attached hydrogens (tertiary/aromatic N) is 1. The zero-order chi connectivity index (χ0) is 17.0. The number of halogens is 1.